The average molecular weight is 415 g/mol. The SMILES string of the molecule is CCc1cnc(CCNC(=NC)NCc2ccc(CN3CCN(C)CC3)cc2)s1. The highest BCUT2D eigenvalue weighted by atomic mass is 32.1. The van der Waals surface area contributed by atoms with Gasteiger partial charge in [-0.3, -0.25) is 9.89 Å². The molecule has 0 atom stereocenters. The van der Waals surface area contributed by atoms with E-state index in [9.17, 15) is 0 Å². The Labute approximate surface area is 179 Å². The Balaban J connectivity index is 1.38. The number of hydrogen-bond acceptors (Lipinski definition) is 5. The molecule has 1 fully saturated rings. The van der Waals surface area contributed by atoms with E-state index in [1.165, 1.54) is 21.0 Å². The topological polar surface area (TPSA) is 55.8 Å². The first-order valence-electron chi connectivity index (χ1n) is 10.5. The highest BCUT2D eigenvalue weighted by Crippen LogP contribution is 2.13. The van der Waals surface area contributed by atoms with Crippen molar-refractivity contribution in [2.45, 2.75) is 32.9 Å². The van der Waals surface area contributed by atoms with E-state index in [-0.39, 0.29) is 0 Å². The normalized spacial score (nSPS) is 16.2. The van der Waals surface area contributed by atoms with Gasteiger partial charge in [0, 0.05) is 70.4 Å². The summed E-state index contributed by atoms with van der Waals surface area (Å²) >= 11 is 1.80. The molecule has 0 aliphatic carbocycles. The van der Waals surface area contributed by atoms with Gasteiger partial charge in [-0.2, -0.15) is 0 Å². The van der Waals surface area contributed by atoms with Gasteiger partial charge in [0.05, 0.1) is 5.01 Å². The number of aryl methyl sites for hydroxylation is 1. The van der Waals surface area contributed by atoms with Crippen molar-refractivity contribution in [2.24, 2.45) is 4.99 Å². The Hall–Kier alpha value is -1.96. The molecule has 0 radical (unpaired) electrons. The van der Waals surface area contributed by atoms with Crippen molar-refractivity contribution in [1.82, 2.24) is 25.4 Å². The summed E-state index contributed by atoms with van der Waals surface area (Å²) < 4.78 is 0. The third-order valence-corrected chi connectivity index (χ3v) is 6.49. The molecular weight excluding hydrogens is 380 g/mol. The molecule has 6 nitrogen and oxygen atoms in total. The van der Waals surface area contributed by atoms with Crippen LogP contribution in [0.5, 0.6) is 0 Å². The summed E-state index contributed by atoms with van der Waals surface area (Å²) in [6.07, 6.45) is 3.97. The predicted molar refractivity (Wildman–Crippen MR) is 123 cm³/mol. The van der Waals surface area contributed by atoms with E-state index in [4.69, 9.17) is 0 Å². The first-order valence-corrected chi connectivity index (χ1v) is 11.3. The second kappa shape index (κ2) is 11.3. The van der Waals surface area contributed by atoms with E-state index >= 15 is 0 Å². The van der Waals surface area contributed by atoms with Gasteiger partial charge >= 0.3 is 0 Å². The monoisotopic (exact) mass is 414 g/mol. The van der Waals surface area contributed by atoms with Crippen molar-refractivity contribution in [2.75, 3.05) is 46.8 Å². The fourth-order valence-corrected chi connectivity index (χ4v) is 4.21. The average Bonchev–Trinajstić information content (AvgIpc) is 3.21. The first-order chi connectivity index (χ1) is 14.2. The van der Waals surface area contributed by atoms with Crippen molar-refractivity contribution in [3.63, 3.8) is 0 Å². The third-order valence-electron chi connectivity index (χ3n) is 5.29. The molecule has 1 aromatic carbocycles. The first kappa shape index (κ1) is 21.7. The molecule has 1 aliphatic rings. The van der Waals surface area contributed by atoms with Gasteiger partial charge in [-0.25, -0.2) is 4.98 Å². The van der Waals surface area contributed by atoms with Gasteiger partial charge in [0.2, 0.25) is 0 Å². The zero-order valence-corrected chi connectivity index (χ0v) is 18.8. The van der Waals surface area contributed by atoms with Crippen LogP contribution in [0.15, 0.2) is 35.5 Å². The molecule has 0 unspecified atom stereocenters. The highest BCUT2D eigenvalue weighted by molar-refractivity contribution is 7.11. The van der Waals surface area contributed by atoms with Gasteiger partial charge in [0.25, 0.3) is 0 Å². The molecule has 1 aliphatic heterocycles. The third kappa shape index (κ3) is 7.10. The fourth-order valence-electron chi connectivity index (χ4n) is 3.35. The van der Waals surface area contributed by atoms with Gasteiger partial charge in [0.1, 0.15) is 0 Å². The molecular formula is C22H34N6S. The Morgan fingerprint density at radius 1 is 1.10 bits per heavy atom. The Bertz CT molecular complexity index is 762. The van der Waals surface area contributed by atoms with E-state index in [1.807, 2.05) is 13.2 Å². The van der Waals surface area contributed by atoms with Crippen LogP contribution in [0.2, 0.25) is 0 Å². The lowest BCUT2D eigenvalue weighted by atomic mass is 10.1. The second-order valence-corrected chi connectivity index (χ2v) is 8.77. The molecule has 1 saturated heterocycles. The Morgan fingerprint density at radius 3 is 2.48 bits per heavy atom. The van der Waals surface area contributed by atoms with E-state index in [2.05, 4.69) is 68.6 Å². The van der Waals surface area contributed by atoms with Crippen molar-refractivity contribution in [3.05, 3.63) is 51.5 Å². The molecule has 0 bridgehead atoms. The number of hydrogen-bond donors (Lipinski definition) is 2. The second-order valence-electron chi connectivity index (χ2n) is 7.57. The van der Waals surface area contributed by atoms with Gasteiger partial charge in [-0.1, -0.05) is 31.2 Å². The lowest BCUT2D eigenvalue weighted by Gasteiger charge is -2.32. The molecule has 2 N–H and O–H groups in total. The molecule has 0 spiro atoms. The minimum Gasteiger partial charge on any atom is -0.356 e. The van der Waals surface area contributed by atoms with Gasteiger partial charge in [-0.15, -0.1) is 11.3 Å². The molecule has 0 amide bonds. The molecule has 3 rings (SSSR count). The fraction of sp³-hybridized carbons (Fsp3) is 0.545. The summed E-state index contributed by atoms with van der Waals surface area (Å²) in [6.45, 7) is 9.45. The van der Waals surface area contributed by atoms with Crippen LogP contribution in [-0.2, 0) is 25.9 Å². The van der Waals surface area contributed by atoms with Crippen LogP contribution in [0.1, 0.15) is 27.9 Å². The smallest absolute Gasteiger partial charge is 0.191 e. The number of rotatable bonds is 8. The van der Waals surface area contributed by atoms with Crippen molar-refractivity contribution < 1.29 is 0 Å². The largest absolute Gasteiger partial charge is 0.356 e. The predicted octanol–water partition coefficient (Wildman–Crippen LogP) is 2.36. The number of guanidine groups is 1. The molecule has 7 heteroatoms. The molecule has 2 heterocycles. The number of aliphatic imine (C=N–C) groups is 1. The lowest BCUT2D eigenvalue weighted by Crippen LogP contribution is -2.43. The van der Waals surface area contributed by atoms with Crippen LogP contribution >= 0.6 is 11.3 Å². The van der Waals surface area contributed by atoms with E-state index in [0.717, 1.165) is 64.6 Å². The number of aromatic nitrogens is 1. The van der Waals surface area contributed by atoms with Crippen LogP contribution in [0, 0.1) is 0 Å². The molecule has 1 aromatic heterocycles. The summed E-state index contributed by atoms with van der Waals surface area (Å²) in [5, 5.41) is 7.96. The van der Waals surface area contributed by atoms with Crippen LogP contribution in [0.3, 0.4) is 0 Å². The number of benzene rings is 1. The van der Waals surface area contributed by atoms with E-state index in [1.54, 1.807) is 11.3 Å². The number of thiazole rings is 1. The minimum absolute atomic E-state index is 0.770. The zero-order chi connectivity index (χ0) is 20.5. The van der Waals surface area contributed by atoms with Crippen molar-refractivity contribution in [3.8, 4) is 0 Å². The Morgan fingerprint density at radius 2 is 1.83 bits per heavy atom. The minimum atomic E-state index is 0.770. The molecule has 0 saturated carbocycles. The number of nitrogens with one attached hydrogen (secondary N) is 2. The number of nitrogens with zero attached hydrogens (tertiary/aromatic N) is 4. The number of likely N-dealkylation sites (N-methyl/N-ethyl adjacent to an activating group) is 1. The van der Waals surface area contributed by atoms with Crippen molar-refractivity contribution >= 4 is 17.3 Å². The lowest BCUT2D eigenvalue weighted by molar-refractivity contribution is 0.148. The quantitative estimate of drug-likeness (QED) is 0.513. The van der Waals surface area contributed by atoms with Crippen molar-refractivity contribution in [1.29, 1.82) is 0 Å². The van der Waals surface area contributed by atoms with Crippen LogP contribution in [-0.4, -0.2) is 67.6 Å². The maximum atomic E-state index is 4.47. The van der Waals surface area contributed by atoms with Gasteiger partial charge < -0.3 is 15.5 Å². The van der Waals surface area contributed by atoms with E-state index in [0.29, 0.717) is 0 Å². The summed E-state index contributed by atoms with van der Waals surface area (Å²) in [7, 11) is 4.01. The summed E-state index contributed by atoms with van der Waals surface area (Å²) in [6, 6.07) is 8.93. The maximum absolute atomic E-state index is 4.47. The summed E-state index contributed by atoms with van der Waals surface area (Å²) in [5.41, 5.74) is 2.65. The van der Waals surface area contributed by atoms with Gasteiger partial charge in [0.15, 0.2) is 5.96 Å². The van der Waals surface area contributed by atoms with Crippen LogP contribution in [0.4, 0.5) is 0 Å². The Kier molecular flexibility index (Phi) is 8.46. The molecule has 29 heavy (non-hydrogen) atoms. The standard InChI is InChI=1S/C22H34N6S/c1-4-20-16-25-21(29-20)9-10-24-22(23-2)26-15-18-5-7-19(8-6-18)17-28-13-11-27(3)12-14-28/h5-8,16H,4,9-15,17H2,1-3H3,(H2,23,24,26). The van der Waals surface area contributed by atoms with Crippen LogP contribution < -0.4 is 10.6 Å². The maximum Gasteiger partial charge on any atom is 0.191 e. The highest BCUT2D eigenvalue weighted by Gasteiger charge is 2.13. The molecule has 158 valence electrons. The molecule has 2 aromatic rings. The van der Waals surface area contributed by atoms with Gasteiger partial charge in [-0.05, 0) is 24.6 Å². The summed E-state index contributed by atoms with van der Waals surface area (Å²) in [4.78, 5) is 15.1. The number of piperazine rings is 1. The zero-order valence-electron chi connectivity index (χ0n) is 17.9. The van der Waals surface area contributed by atoms with E-state index < -0.39 is 0 Å². The van der Waals surface area contributed by atoms with Crippen LogP contribution in [0.25, 0.3) is 0 Å². The summed E-state index contributed by atoms with van der Waals surface area (Å²) in [5.74, 6) is 0.832.